The van der Waals surface area contributed by atoms with Crippen LogP contribution in [0.1, 0.15) is 22.8 Å². The minimum atomic E-state index is -4.91. The lowest BCUT2D eigenvalue weighted by Gasteiger charge is -2.10. The number of carbonyl (C=O) groups is 1. The molecule has 0 bridgehead atoms. The van der Waals surface area contributed by atoms with Gasteiger partial charge >= 0.3 is 12.3 Å². The summed E-state index contributed by atoms with van der Waals surface area (Å²) in [6.45, 7) is 0.650. The fourth-order valence-corrected chi connectivity index (χ4v) is 2.75. The summed E-state index contributed by atoms with van der Waals surface area (Å²) in [5.74, 6) is -2.19. The van der Waals surface area contributed by atoms with Crippen LogP contribution >= 0.6 is 0 Å². The van der Waals surface area contributed by atoms with Gasteiger partial charge in [-0.25, -0.2) is 13.2 Å². The third kappa shape index (κ3) is 5.01. The molecule has 5 nitrogen and oxygen atoms in total. The van der Waals surface area contributed by atoms with Crippen LogP contribution in [0.4, 0.5) is 13.2 Å². The third-order valence-electron chi connectivity index (χ3n) is 2.67. The Bertz CT molecular complexity index is 622. The number of sulfone groups is 1. The lowest BCUT2D eigenvalue weighted by molar-refractivity contribution is -0.322. The molecule has 118 valence electrons. The summed E-state index contributed by atoms with van der Waals surface area (Å²) in [5, 5.41) is 9.00. The molecule has 21 heavy (non-hydrogen) atoms. The van der Waals surface area contributed by atoms with Gasteiger partial charge in [0.15, 0.2) is 9.84 Å². The smallest absolute Gasteiger partial charge is 0.478 e. The Labute approximate surface area is 119 Å². The number of aryl methyl sites for hydroxylation is 1. The molecule has 1 rings (SSSR count). The van der Waals surface area contributed by atoms with Crippen molar-refractivity contribution < 1.29 is 36.2 Å². The van der Waals surface area contributed by atoms with Crippen LogP contribution in [-0.4, -0.2) is 38.2 Å². The normalized spacial score (nSPS) is 12.4. The average Bonchev–Trinajstić information content (AvgIpc) is 2.35. The minimum absolute atomic E-state index is 0.185. The van der Waals surface area contributed by atoms with Gasteiger partial charge in [-0.05, 0) is 24.1 Å². The monoisotopic (exact) mass is 326 g/mol. The predicted molar refractivity (Wildman–Crippen MR) is 66.8 cm³/mol. The number of aromatic carboxylic acids is 1. The van der Waals surface area contributed by atoms with Crippen LogP contribution in [0, 0.1) is 0 Å². The zero-order valence-corrected chi connectivity index (χ0v) is 11.8. The van der Waals surface area contributed by atoms with E-state index in [0.717, 1.165) is 6.07 Å². The molecule has 0 spiro atoms. The number of ether oxygens (including phenoxy) is 1. The molecular weight excluding hydrogens is 313 g/mol. The summed E-state index contributed by atoms with van der Waals surface area (Å²) in [4.78, 5) is 10.7. The van der Waals surface area contributed by atoms with E-state index in [1.807, 2.05) is 0 Å². The Hall–Kier alpha value is -1.61. The largest absolute Gasteiger partial charge is 0.522 e. The van der Waals surface area contributed by atoms with Gasteiger partial charge < -0.3 is 5.11 Å². The van der Waals surface area contributed by atoms with Crippen LogP contribution in [-0.2, 0) is 21.0 Å². The van der Waals surface area contributed by atoms with Gasteiger partial charge in [0.2, 0.25) is 0 Å². The molecular formula is C12H13F3O5S. The van der Waals surface area contributed by atoms with E-state index in [1.54, 1.807) is 6.92 Å². The van der Waals surface area contributed by atoms with Gasteiger partial charge in [0, 0.05) is 0 Å². The summed E-state index contributed by atoms with van der Waals surface area (Å²) in [6.07, 6.45) is -4.52. The molecule has 0 aliphatic heterocycles. The van der Waals surface area contributed by atoms with Gasteiger partial charge in [-0.1, -0.05) is 13.0 Å². The predicted octanol–water partition coefficient (Wildman–Crippen LogP) is 2.26. The highest BCUT2D eigenvalue weighted by Gasteiger charge is 2.30. The van der Waals surface area contributed by atoms with Crippen molar-refractivity contribution in [2.45, 2.75) is 24.6 Å². The Kier molecular flexibility index (Phi) is 5.35. The van der Waals surface area contributed by atoms with E-state index in [4.69, 9.17) is 5.11 Å². The molecule has 0 unspecified atom stereocenters. The van der Waals surface area contributed by atoms with E-state index in [1.165, 1.54) is 12.1 Å². The quantitative estimate of drug-likeness (QED) is 0.867. The number of rotatable bonds is 6. The van der Waals surface area contributed by atoms with Gasteiger partial charge in [0.05, 0.1) is 22.8 Å². The lowest BCUT2D eigenvalue weighted by Crippen LogP contribution is -2.20. The maximum absolute atomic E-state index is 11.9. The first-order valence-electron chi connectivity index (χ1n) is 5.86. The molecule has 1 aromatic rings. The van der Waals surface area contributed by atoms with Crippen molar-refractivity contribution in [2.24, 2.45) is 0 Å². The zero-order valence-electron chi connectivity index (χ0n) is 11.0. The highest BCUT2D eigenvalue weighted by Crippen LogP contribution is 2.20. The standard InChI is InChI=1S/C12H13F3O5S/c1-2-8-3-4-9(7-10(8)11(16)17)21(18,19)6-5-20-12(13,14)15/h3-4,7H,2,5-6H2,1H3,(H,16,17). The topological polar surface area (TPSA) is 80.7 Å². The first-order chi connectivity index (χ1) is 9.57. The van der Waals surface area contributed by atoms with Crippen molar-refractivity contribution in [3.63, 3.8) is 0 Å². The molecule has 0 fully saturated rings. The number of carboxylic acids is 1. The first-order valence-corrected chi connectivity index (χ1v) is 7.51. The average molecular weight is 326 g/mol. The van der Waals surface area contributed by atoms with E-state index in [0.29, 0.717) is 12.0 Å². The van der Waals surface area contributed by atoms with Gasteiger partial charge in [-0.2, -0.15) is 0 Å². The van der Waals surface area contributed by atoms with Crippen molar-refractivity contribution in [2.75, 3.05) is 12.4 Å². The van der Waals surface area contributed by atoms with E-state index < -0.39 is 34.5 Å². The summed E-state index contributed by atoms with van der Waals surface area (Å²) in [7, 11) is -4.05. The highest BCUT2D eigenvalue weighted by atomic mass is 32.2. The number of carboxylic acid groups (broad SMARTS) is 1. The second-order valence-electron chi connectivity index (χ2n) is 4.09. The van der Waals surface area contributed by atoms with E-state index in [2.05, 4.69) is 4.74 Å². The van der Waals surface area contributed by atoms with Crippen LogP contribution in [0.15, 0.2) is 23.1 Å². The van der Waals surface area contributed by atoms with Crippen molar-refractivity contribution >= 4 is 15.8 Å². The van der Waals surface area contributed by atoms with E-state index in [-0.39, 0.29) is 10.5 Å². The number of hydrogen-bond donors (Lipinski definition) is 1. The Morgan fingerprint density at radius 2 is 1.95 bits per heavy atom. The van der Waals surface area contributed by atoms with Crippen molar-refractivity contribution in [1.29, 1.82) is 0 Å². The summed E-state index contributed by atoms with van der Waals surface area (Å²) in [6, 6.07) is 3.46. The second kappa shape index (κ2) is 6.44. The maximum atomic E-state index is 11.9. The molecule has 0 aliphatic rings. The van der Waals surface area contributed by atoms with E-state index >= 15 is 0 Å². The molecule has 1 N–H and O–H groups in total. The second-order valence-corrected chi connectivity index (χ2v) is 6.20. The van der Waals surface area contributed by atoms with Crippen molar-refractivity contribution in [3.8, 4) is 0 Å². The molecule has 0 aromatic heterocycles. The van der Waals surface area contributed by atoms with Crippen molar-refractivity contribution in [1.82, 2.24) is 0 Å². The highest BCUT2D eigenvalue weighted by molar-refractivity contribution is 7.91. The SMILES string of the molecule is CCc1ccc(S(=O)(=O)CCOC(F)(F)F)cc1C(=O)O. The Morgan fingerprint density at radius 3 is 2.43 bits per heavy atom. The first kappa shape index (κ1) is 17.4. The molecule has 0 saturated carbocycles. The molecule has 0 saturated heterocycles. The van der Waals surface area contributed by atoms with Crippen LogP contribution in [0.25, 0.3) is 0 Å². The number of alkyl halides is 3. The summed E-state index contributed by atoms with van der Waals surface area (Å²) < 4.78 is 62.5. The Morgan fingerprint density at radius 1 is 1.33 bits per heavy atom. The molecule has 9 heteroatoms. The molecule has 0 aliphatic carbocycles. The van der Waals surface area contributed by atoms with Crippen molar-refractivity contribution in [3.05, 3.63) is 29.3 Å². The summed E-state index contributed by atoms with van der Waals surface area (Å²) >= 11 is 0. The lowest BCUT2D eigenvalue weighted by atomic mass is 10.1. The Balaban J connectivity index is 2.99. The van der Waals surface area contributed by atoms with Gasteiger partial charge in [0.1, 0.15) is 0 Å². The maximum Gasteiger partial charge on any atom is 0.522 e. The zero-order chi connectivity index (χ0) is 16.3. The van der Waals surface area contributed by atoms with Gasteiger partial charge in [-0.15, -0.1) is 13.2 Å². The van der Waals surface area contributed by atoms with Gasteiger partial charge in [0.25, 0.3) is 0 Å². The molecule has 1 aromatic carbocycles. The number of hydrogen-bond acceptors (Lipinski definition) is 4. The fourth-order valence-electron chi connectivity index (χ4n) is 1.64. The summed E-state index contributed by atoms with van der Waals surface area (Å²) in [5.41, 5.74) is 0.253. The van der Waals surface area contributed by atoms with Crippen LogP contribution < -0.4 is 0 Å². The van der Waals surface area contributed by atoms with E-state index in [9.17, 15) is 26.4 Å². The third-order valence-corrected chi connectivity index (χ3v) is 4.35. The molecule has 0 amide bonds. The molecule has 0 radical (unpaired) electrons. The molecule has 0 atom stereocenters. The number of benzene rings is 1. The fraction of sp³-hybridized carbons (Fsp3) is 0.417. The molecule has 0 heterocycles. The van der Waals surface area contributed by atoms with Crippen LogP contribution in [0.3, 0.4) is 0 Å². The van der Waals surface area contributed by atoms with Crippen LogP contribution in [0.5, 0.6) is 0 Å². The van der Waals surface area contributed by atoms with Gasteiger partial charge in [-0.3, -0.25) is 4.74 Å². The number of halogens is 3. The van der Waals surface area contributed by atoms with Crippen LogP contribution in [0.2, 0.25) is 0 Å². The minimum Gasteiger partial charge on any atom is -0.478 e.